The van der Waals surface area contributed by atoms with Crippen molar-refractivity contribution in [3.8, 4) is 6.07 Å². The zero-order valence-electron chi connectivity index (χ0n) is 5.76. The molecule has 0 radical (unpaired) electrons. The molecule has 2 nitrogen and oxygen atoms in total. The standard InChI is InChI=1S/C8H9NO/c9-5-8-2-1-6(4-8)3-7(8)10/h6H,1-4H2/t6-,8-/m1/s1. The first-order valence-electron chi connectivity index (χ1n) is 3.71. The molecule has 0 N–H and O–H groups in total. The van der Waals surface area contributed by atoms with E-state index in [-0.39, 0.29) is 5.78 Å². The predicted molar refractivity (Wildman–Crippen MR) is 35.0 cm³/mol. The van der Waals surface area contributed by atoms with Gasteiger partial charge in [0.15, 0.2) is 5.78 Å². The van der Waals surface area contributed by atoms with Gasteiger partial charge in [0.05, 0.1) is 6.07 Å². The minimum absolute atomic E-state index is 0.200. The molecule has 2 fully saturated rings. The first-order chi connectivity index (χ1) is 4.77. The van der Waals surface area contributed by atoms with Gasteiger partial charge in [0.1, 0.15) is 5.41 Å². The van der Waals surface area contributed by atoms with Crippen molar-refractivity contribution in [2.75, 3.05) is 0 Å². The lowest BCUT2D eigenvalue weighted by atomic mass is 9.85. The highest BCUT2D eigenvalue weighted by Gasteiger charge is 2.51. The van der Waals surface area contributed by atoms with Crippen molar-refractivity contribution in [3.63, 3.8) is 0 Å². The second-order valence-corrected chi connectivity index (χ2v) is 3.43. The van der Waals surface area contributed by atoms with Crippen molar-refractivity contribution in [1.29, 1.82) is 5.26 Å². The predicted octanol–water partition coefficient (Wildman–Crippen LogP) is 1.27. The van der Waals surface area contributed by atoms with Crippen LogP contribution in [0.1, 0.15) is 25.7 Å². The molecule has 2 aliphatic carbocycles. The Morgan fingerprint density at radius 1 is 1.70 bits per heavy atom. The summed E-state index contributed by atoms with van der Waals surface area (Å²) in [5, 5.41) is 8.74. The average molecular weight is 135 g/mol. The minimum Gasteiger partial charge on any atom is -0.298 e. The van der Waals surface area contributed by atoms with E-state index in [4.69, 9.17) is 5.26 Å². The molecule has 2 rings (SSSR count). The smallest absolute Gasteiger partial charge is 0.153 e. The topological polar surface area (TPSA) is 40.9 Å². The normalized spacial score (nSPS) is 43.9. The lowest BCUT2D eigenvalue weighted by Crippen LogP contribution is -2.22. The molecule has 0 aromatic heterocycles. The number of rotatable bonds is 0. The molecule has 0 spiro atoms. The summed E-state index contributed by atoms with van der Waals surface area (Å²) in [5.41, 5.74) is -0.523. The summed E-state index contributed by atoms with van der Waals surface area (Å²) in [7, 11) is 0. The van der Waals surface area contributed by atoms with E-state index in [2.05, 4.69) is 6.07 Å². The second-order valence-electron chi connectivity index (χ2n) is 3.43. The number of carbonyl (C=O) groups is 1. The average Bonchev–Trinajstić information content (AvgIpc) is 2.44. The highest BCUT2D eigenvalue weighted by atomic mass is 16.1. The van der Waals surface area contributed by atoms with Gasteiger partial charge in [-0.1, -0.05) is 0 Å². The van der Waals surface area contributed by atoms with Gasteiger partial charge in [-0.25, -0.2) is 0 Å². The van der Waals surface area contributed by atoms with Gasteiger partial charge >= 0.3 is 0 Å². The van der Waals surface area contributed by atoms with E-state index in [1.54, 1.807) is 0 Å². The Kier molecular flexibility index (Phi) is 0.947. The number of nitriles is 1. The lowest BCUT2D eigenvalue weighted by molar-refractivity contribution is -0.124. The number of fused-ring (bicyclic) bond motifs is 2. The Bertz CT molecular complexity index is 228. The molecular formula is C8H9NO. The van der Waals surface area contributed by atoms with E-state index in [1.165, 1.54) is 0 Å². The van der Waals surface area contributed by atoms with Crippen LogP contribution >= 0.6 is 0 Å². The van der Waals surface area contributed by atoms with Gasteiger partial charge in [-0.2, -0.15) is 5.26 Å². The fourth-order valence-electron chi connectivity index (χ4n) is 2.20. The minimum atomic E-state index is -0.523. The molecule has 10 heavy (non-hydrogen) atoms. The van der Waals surface area contributed by atoms with Gasteiger partial charge in [0.25, 0.3) is 0 Å². The monoisotopic (exact) mass is 135 g/mol. The zero-order chi connectivity index (χ0) is 7.19. The third kappa shape index (κ3) is 0.507. The Labute approximate surface area is 59.8 Å². The highest BCUT2D eigenvalue weighted by molar-refractivity contribution is 5.90. The number of Topliss-reactive ketones (excluding diaryl/α,β-unsaturated/α-hetero) is 1. The molecule has 52 valence electrons. The molecule has 2 heteroatoms. The van der Waals surface area contributed by atoms with Crippen LogP contribution < -0.4 is 0 Å². The fourth-order valence-corrected chi connectivity index (χ4v) is 2.20. The van der Waals surface area contributed by atoms with Crippen molar-refractivity contribution < 1.29 is 4.79 Å². The Morgan fingerprint density at radius 3 is 2.80 bits per heavy atom. The number of nitrogens with zero attached hydrogens (tertiary/aromatic N) is 1. The molecule has 0 heterocycles. The van der Waals surface area contributed by atoms with Crippen LogP contribution in [0.25, 0.3) is 0 Å². The second kappa shape index (κ2) is 1.60. The lowest BCUT2D eigenvalue weighted by Gasteiger charge is -2.14. The van der Waals surface area contributed by atoms with E-state index in [0.29, 0.717) is 12.3 Å². The summed E-state index contributed by atoms with van der Waals surface area (Å²) in [6.45, 7) is 0. The molecular weight excluding hydrogens is 126 g/mol. The van der Waals surface area contributed by atoms with Crippen LogP contribution in [0.4, 0.5) is 0 Å². The first kappa shape index (κ1) is 5.91. The number of hydrogen-bond donors (Lipinski definition) is 0. The molecule has 0 saturated heterocycles. The third-order valence-electron chi connectivity index (χ3n) is 2.84. The van der Waals surface area contributed by atoms with Crippen LogP contribution in [-0.4, -0.2) is 5.78 Å². The quantitative estimate of drug-likeness (QED) is 0.502. The van der Waals surface area contributed by atoms with Crippen LogP contribution in [0, 0.1) is 22.7 Å². The van der Waals surface area contributed by atoms with Gasteiger partial charge in [-0.05, 0) is 25.2 Å². The molecule has 2 atom stereocenters. The molecule has 2 bridgehead atoms. The maximum atomic E-state index is 11.2. The number of carbonyl (C=O) groups excluding carboxylic acids is 1. The molecule has 0 unspecified atom stereocenters. The molecule has 0 amide bonds. The number of ketones is 1. The van der Waals surface area contributed by atoms with Crippen molar-refractivity contribution in [2.45, 2.75) is 25.7 Å². The molecule has 0 aromatic carbocycles. The van der Waals surface area contributed by atoms with Gasteiger partial charge in [0.2, 0.25) is 0 Å². The van der Waals surface area contributed by atoms with Gasteiger partial charge in [0, 0.05) is 6.42 Å². The SMILES string of the molecule is N#C[C@]12CC[C@H](CC1=O)C2. The van der Waals surface area contributed by atoms with Crippen molar-refractivity contribution in [2.24, 2.45) is 11.3 Å². The van der Waals surface area contributed by atoms with Crippen LogP contribution in [0.5, 0.6) is 0 Å². The van der Waals surface area contributed by atoms with Crippen molar-refractivity contribution in [3.05, 3.63) is 0 Å². The maximum Gasteiger partial charge on any atom is 0.153 e. The summed E-state index contributed by atoms with van der Waals surface area (Å²) < 4.78 is 0. The van der Waals surface area contributed by atoms with E-state index >= 15 is 0 Å². The molecule has 0 aromatic rings. The zero-order valence-corrected chi connectivity index (χ0v) is 5.76. The summed E-state index contributed by atoms with van der Waals surface area (Å²) in [6, 6.07) is 2.17. The van der Waals surface area contributed by atoms with Crippen LogP contribution in [-0.2, 0) is 4.79 Å². The fraction of sp³-hybridized carbons (Fsp3) is 0.750. The maximum absolute atomic E-state index is 11.2. The van der Waals surface area contributed by atoms with E-state index in [0.717, 1.165) is 19.3 Å². The van der Waals surface area contributed by atoms with E-state index in [9.17, 15) is 4.79 Å². The first-order valence-corrected chi connectivity index (χ1v) is 3.71. The van der Waals surface area contributed by atoms with Crippen LogP contribution in [0.3, 0.4) is 0 Å². The largest absolute Gasteiger partial charge is 0.298 e. The molecule has 0 aliphatic heterocycles. The van der Waals surface area contributed by atoms with Crippen molar-refractivity contribution >= 4 is 5.78 Å². The van der Waals surface area contributed by atoms with Crippen LogP contribution in [0.2, 0.25) is 0 Å². The van der Waals surface area contributed by atoms with Crippen LogP contribution in [0.15, 0.2) is 0 Å². The Morgan fingerprint density at radius 2 is 2.50 bits per heavy atom. The van der Waals surface area contributed by atoms with Crippen molar-refractivity contribution in [1.82, 2.24) is 0 Å². The summed E-state index contributed by atoms with van der Waals surface area (Å²) in [4.78, 5) is 11.2. The van der Waals surface area contributed by atoms with E-state index in [1.807, 2.05) is 0 Å². The Balaban J connectivity index is 2.38. The summed E-state index contributed by atoms with van der Waals surface area (Å²) >= 11 is 0. The van der Waals surface area contributed by atoms with E-state index < -0.39 is 5.41 Å². The van der Waals surface area contributed by atoms with Gasteiger partial charge in [-0.3, -0.25) is 4.79 Å². The molecule has 2 saturated carbocycles. The van der Waals surface area contributed by atoms with Gasteiger partial charge in [-0.15, -0.1) is 0 Å². The summed E-state index contributed by atoms with van der Waals surface area (Å²) in [6.07, 6.45) is 3.45. The third-order valence-corrected chi connectivity index (χ3v) is 2.84. The Hall–Kier alpha value is -0.840. The van der Waals surface area contributed by atoms with Gasteiger partial charge < -0.3 is 0 Å². The summed E-state index contributed by atoms with van der Waals surface area (Å²) in [5.74, 6) is 0.749. The highest BCUT2D eigenvalue weighted by Crippen LogP contribution is 2.50. The number of hydrogen-bond acceptors (Lipinski definition) is 2. The molecule has 2 aliphatic rings.